The lowest BCUT2D eigenvalue weighted by molar-refractivity contribution is -0.113. The lowest BCUT2D eigenvalue weighted by atomic mass is 10.1. The van der Waals surface area contributed by atoms with Gasteiger partial charge < -0.3 is 15.4 Å². The Morgan fingerprint density at radius 2 is 1.79 bits per heavy atom. The molecule has 0 fully saturated rings. The number of carbonyl (C=O) groups is 2. The minimum atomic E-state index is -0.191. The molecule has 2 amide bonds. The van der Waals surface area contributed by atoms with Gasteiger partial charge in [-0.2, -0.15) is 0 Å². The number of methoxy groups -OCH3 is 1. The van der Waals surface area contributed by atoms with Gasteiger partial charge in [0.05, 0.1) is 29.8 Å². The quantitative estimate of drug-likeness (QED) is 0.181. The first-order valence-corrected chi connectivity index (χ1v) is 13.2. The fraction of sp³-hybridized carbons (Fsp3) is 0.241. The fourth-order valence-corrected chi connectivity index (χ4v) is 4.78. The highest BCUT2D eigenvalue weighted by atomic mass is 32.2. The van der Waals surface area contributed by atoms with Gasteiger partial charge in [0.1, 0.15) is 0 Å². The van der Waals surface area contributed by atoms with Gasteiger partial charge in [0.15, 0.2) is 5.16 Å². The standard InChI is InChI=1S/C29H30N4O4S/c1-19-8-13-24(20(2)16-19)31-26(34)18-38-29-32-25-7-5-4-6-23(25)28(36)33(29)17-21-9-11-22(12-10-21)27(35)30-14-15-37-3/h4-13,16H,14-15,17-18H2,1-3H3,(H,30,35)(H,31,34). The molecule has 0 saturated carbocycles. The summed E-state index contributed by atoms with van der Waals surface area (Å²) in [4.78, 5) is 43.2. The normalized spacial score (nSPS) is 10.9. The number of thioether (sulfide) groups is 1. The SMILES string of the molecule is COCCNC(=O)c1ccc(Cn2c(SCC(=O)Nc3ccc(C)cc3C)nc3ccccc3c2=O)cc1. The van der Waals surface area contributed by atoms with Gasteiger partial charge in [-0.25, -0.2) is 4.98 Å². The largest absolute Gasteiger partial charge is 0.383 e. The molecular formula is C29H30N4O4S. The number of carbonyl (C=O) groups excluding carboxylic acids is 2. The topological polar surface area (TPSA) is 102 Å². The van der Waals surface area contributed by atoms with Gasteiger partial charge in [-0.05, 0) is 55.3 Å². The molecule has 8 nitrogen and oxygen atoms in total. The third-order valence-corrected chi connectivity index (χ3v) is 6.94. The van der Waals surface area contributed by atoms with Gasteiger partial charge in [0.2, 0.25) is 5.91 Å². The zero-order chi connectivity index (χ0) is 27.1. The van der Waals surface area contributed by atoms with Crippen LogP contribution in [0.25, 0.3) is 10.9 Å². The minimum Gasteiger partial charge on any atom is -0.383 e. The Balaban J connectivity index is 1.54. The van der Waals surface area contributed by atoms with Crippen molar-refractivity contribution >= 4 is 40.2 Å². The highest BCUT2D eigenvalue weighted by molar-refractivity contribution is 7.99. The van der Waals surface area contributed by atoms with Gasteiger partial charge in [-0.3, -0.25) is 19.0 Å². The lowest BCUT2D eigenvalue weighted by Gasteiger charge is -2.14. The molecule has 0 aliphatic heterocycles. The molecule has 2 N–H and O–H groups in total. The van der Waals surface area contributed by atoms with Crippen molar-refractivity contribution in [3.8, 4) is 0 Å². The number of benzene rings is 3. The summed E-state index contributed by atoms with van der Waals surface area (Å²) in [6.45, 7) is 5.07. The van der Waals surface area contributed by atoms with Gasteiger partial charge in [0.25, 0.3) is 11.5 Å². The number of anilines is 1. The highest BCUT2D eigenvalue weighted by Gasteiger charge is 2.15. The number of ether oxygens (including phenoxy) is 1. The van der Waals surface area contributed by atoms with Crippen LogP contribution in [0.5, 0.6) is 0 Å². The summed E-state index contributed by atoms with van der Waals surface area (Å²) < 4.78 is 6.53. The monoisotopic (exact) mass is 530 g/mol. The molecule has 0 unspecified atom stereocenters. The summed E-state index contributed by atoms with van der Waals surface area (Å²) in [7, 11) is 1.58. The summed E-state index contributed by atoms with van der Waals surface area (Å²) in [5.41, 5.74) is 4.62. The number of amides is 2. The molecule has 0 bridgehead atoms. The Morgan fingerprint density at radius 1 is 1.03 bits per heavy atom. The molecule has 38 heavy (non-hydrogen) atoms. The summed E-state index contributed by atoms with van der Waals surface area (Å²) in [6, 6.07) is 20.1. The number of aryl methyl sites for hydroxylation is 2. The molecular weight excluding hydrogens is 500 g/mol. The van der Waals surface area contributed by atoms with Crippen LogP contribution in [0.3, 0.4) is 0 Å². The van der Waals surface area contributed by atoms with E-state index in [1.807, 2.05) is 50.2 Å². The van der Waals surface area contributed by atoms with E-state index in [9.17, 15) is 14.4 Å². The number of para-hydroxylation sites is 1. The lowest BCUT2D eigenvalue weighted by Crippen LogP contribution is -2.27. The second kappa shape index (κ2) is 12.5. The summed E-state index contributed by atoms with van der Waals surface area (Å²) in [5, 5.41) is 6.69. The maximum atomic E-state index is 13.4. The van der Waals surface area contributed by atoms with Crippen molar-refractivity contribution in [2.75, 3.05) is 31.3 Å². The van der Waals surface area contributed by atoms with Gasteiger partial charge in [-0.1, -0.05) is 53.7 Å². The van der Waals surface area contributed by atoms with E-state index in [1.54, 1.807) is 42.0 Å². The zero-order valence-electron chi connectivity index (χ0n) is 21.6. The highest BCUT2D eigenvalue weighted by Crippen LogP contribution is 2.21. The molecule has 4 rings (SSSR count). The van der Waals surface area contributed by atoms with Crippen molar-refractivity contribution in [3.63, 3.8) is 0 Å². The smallest absolute Gasteiger partial charge is 0.262 e. The number of hydrogen-bond acceptors (Lipinski definition) is 6. The molecule has 4 aromatic rings. The number of fused-ring (bicyclic) bond motifs is 1. The molecule has 1 aromatic heterocycles. The van der Waals surface area contributed by atoms with Crippen LogP contribution < -0.4 is 16.2 Å². The molecule has 3 aromatic carbocycles. The van der Waals surface area contributed by atoms with Crippen molar-refractivity contribution < 1.29 is 14.3 Å². The molecule has 0 aliphatic carbocycles. The number of hydrogen-bond donors (Lipinski definition) is 2. The number of nitrogens with zero attached hydrogens (tertiary/aromatic N) is 2. The van der Waals surface area contributed by atoms with E-state index in [0.29, 0.717) is 34.8 Å². The van der Waals surface area contributed by atoms with Gasteiger partial charge in [-0.15, -0.1) is 0 Å². The van der Waals surface area contributed by atoms with Crippen molar-refractivity contribution in [2.24, 2.45) is 0 Å². The van der Waals surface area contributed by atoms with Crippen LogP contribution in [0.4, 0.5) is 5.69 Å². The number of nitrogens with one attached hydrogen (secondary N) is 2. The van der Waals surface area contributed by atoms with E-state index in [1.165, 1.54) is 11.8 Å². The third-order valence-electron chi connectivity index (χ3n) is 5.96. The molecule has 0 saturated heterocycles. The van der Waals surface area contributed by atoms with E-state index in [2.05, 4.69) is 10.6 Å². The van der Waals surface area contributed by atoms with Crippen LogP contribution in [-0.2, 0) is 16.1 Å². The molecule has 0 radical (unpaired) electrons. The van der Waals surface area contributed by atoms with Crippen LogP contribution in [0.1, 0.15) is 27.0 Å². The zero-order valence-corrected chi connectivity index (χ0v) is 22.4. The second-order valence-corrected chi connectivity index (χ2v) is 9.85. The Kier molecular flexibility index (Phi) is 8.93. The average molecular weight is 531 g/mol. The van der Waals surface area contributed by atoms with E-state index in [0.717, 1.165) is 22.4 Å². The van der Waals surface area contributed by atoms with Crippen LogP contribution in [0, 0.1) is 13.8 Å². The van der Waals surface area contributed by atoms with Crippen molar-refractivity contribution in [2.45, 2.75) is 25.5 Å². The van der Waals surface area contributed by atoms with Crippen molar-refractivity contribution in [3.05, 3.63) is 99.3 Å². The van der Waals surface area contributed by atoms with Crippen molar-refractivity contribution in [1.29, 1.82) is 0 Å². The Bertz CT molecular complexity index is 1520. The number of aromatic nitrogens is 2. The first-order chi connectivity index (χ1) is 18.4. The van der Waals surface area contributed by atoms with E-state index >= 15 is 0 Å². The first-order valence-electron chi connectivity index (χ1n) is 12.2. The van der Waals surface area contributed by atoms with Crippen molar-refractivity contribution in [1.82, 2.24) is 14.9 Å². The summed E-state index contributed by atoms with van der Waals surface area (Å²) in [6.07, 6.45) is 0. The minimum absolute atomic E-state index is 0.0959. The van der Waals surface area contributed by atoms with Crippen LogP contribution >= 0.6 is 11.8 Å². The molecule has 1 heterocycles. The molecule has 196 valence electrons. The van der Waals surface area contributed by atoms with Gasteiger partial charge >= 0.3 is 0 Å². The summed E-state index contributed by atoms with van der Waals surface area (Å²) in [5.74, 6) is -0.275. The van der Waals surface area contributed by atoms with E-state index in [-0.39, 0.29) is 29.7 Å². The van der Waals surface area contributed by atoms with Gasteiger partial charge in [0, 0.05) is 24.9 Å². The fourth-order valence-electron chi connectivity index (χ4n) is 3.98. The van der Waals surface area contributed by atoms with Crippen LogP contribution in [0.15, 0.2) is 76.7 Å². The maximum absolute atomic E-state index is 13.4. The molecule has 9 heteroatoms. The Labute approximate surface area is 225 Å². The van der Waals surface area contributed by atoms with E-state index < -0.39 is 0 Å². The third kappa shape index (κ3) is 6.67. The predicted octanol–water partition coefficient (Wildman–Crippen LogP) is 4.17. The average Bonchev–Trinajstić information content (AvgIpc) is 2.91. The number of rotatable bonds is 10. The predicted molar refractivity (Wildman–Crippen MR) is 151 cm³/mol. The van der Waals surface area contributed by atoms with E-state index in [4.69, 9.17) is 9.72 Å². The first kappa shape index (κ1) is 27.1. The maximum Gasteiger partial charge on any atom is 0.262 e. The van der Waals surface area contributed by atoms with Crippen LogP contribution in [-0.4, -0.2) is 47.4 Å². The molecule has 0 spiro atoms. The second-order valence-electron chi connectivity index (χ2n) is 8.90. The molecule has 0 atom stereocenters. The van der Waals surface area contributed by atoms with Crippen LogP contribution in [0.2, 0.25) is 0 Å². The Morgan fingerprint density at radius 3 is 2.53 bits per heavy atom. The Hall–Kier alpha value is -3.95. The molecule has 0 aliphatic rings. The summed E-state index contributed by atoms with van der Waals surface area (Å²) >= 11 is 1.21.